The number of benzene rings is 2. The van der Waals surface area contributed by atoms with Gasteiger partial charge in [0.2, 0.25) is 0 Å². The summed E-state index contributed by atoms with van der Waals surface area (Å²) in [4.78, 5) is 5.23. The third-order valence-electron chi connectivity index (χ3n) is 4.88. The normalized spacial score (nSPS) is 16.7. The molecule has 158 valence electrons. The predicted octanol–water partition coefficient (Wildman–Crippen LogP) is 3.99. The lowest BCUT2D eigenvalue weighted by Gasteiger charge is -2.37. The van der Waals surface area contributed by atoms with Crippen LogP contribution in [0.15, 0.2) is 53.4 Å². The van der Waals surface area contributed by atoms with E-state index in [0.29, 0.717) is 12.3 Å². The average molecular weight is 427 g/mol. The van der Waals surface area contributed by atoms with Crippen molar-refractivity contribution in [3.63, 3.8) is 0 Å². The maximum atomic E-state index is 12.6. The van der Waals surface area contributed by atoms with Gasteiger partial charge in [0, 0.05) is 55.1 Å². The Kier molecular flexibility index (Phi) is 7.32. The molecule has 1 saturated heterocycles. The van der Waals surface area contributed by atoms with Gasteiger partial charge in [0.15, 0.2) is 0 Å². The summed E-state index contributed by atoms with van der Waals surface area (Å²) in [5, 5.41) is 10.3. The number of β-amino-alcohol motifs (C(OH)–C–C–N with tert-alkyl or cyclic N) is 1. The molecule has 1 fully saturated rings. The van der Waals surface area contributed by atoms with Crippen molar-refractivity contribution < 1.29 is 23.0 Å². The van der Waals surface area contributed by atoms with Crippen molar-refractivity contribution in [1.82, 2.24) is 4.90 Å². The molecule has 1 aliphatic heterocycles. The summed E-state index contributed by atoms with van der Waals surface area (Å²) in [5.74, 6) is 1.28. The van der Waals surface area contributed by atoms with E-state index in [-0.39, 0.29) is 0 Å². The van der Waals surface area contributed by atoms with Gasteiger partial charge in [-0.25, -0.2) is 0 Å². The molecule has 8 heteroatoms. The van der Waals surface area contributed by atoms with Crippen molar-refractivity contribution in [2.24, 2.45) is 0 Å². The van der Waals surface area contributed by atoms with Crippen LogP contribution in [0.2, 0.25) is 0 Å². The standard InChI is InChI=1S/C21H25F3N2O2S/c1-28-19-4-2-3-17(13-19)26-11-9-25(10-12-26)14-18(27)15-29-20-7-5-16(6-8-20)21(22,23)24/h2-8,13,18,27H,9-12,14-15H2,1H3/t18-/m1/s1. The molecule has 0 spiro atoms. The first-order valence-corrected chi connectivity index (χ1v) is 10.4. The van der Waals surface area contributed by atoms with Crippen molar-refractivity contribution in [3.8, 4) is 5.75 Å². The lowest BCUT2D eigenvalue weighted by molar-refractivity contribution is -0.137. The van der Waals surface area contributed by atoms with Crippen LogP contribution in [0.1, 0.15) is 5.56 Å². The minimum absolute atomic E-state index is 0.446. The first-order valence-electron chi connectivity index (χ1n) is 9.44. The molecule has 1 atom stereocenters. The van der Waals surface area contributed by atoms with Gasteiger partial charge >= 0.3 is 6.18 Å². The Morgan fingerprint density at radius 1 is 1.07 bits per heavy atom. The van der Waals surface area contributed by atoms with Gasteiger partial charge in [0.25, 0.3) is 0 Å². The number of hydrogen-bond donors (Lipinski definition) is 1. The van der Waals surface area contributed by atoms with Crippen molar-refractivity contribution in [1.29, 1.82) is 0 Å². The van der Waals surface area contributed by atoms with E-state index in [4.69, 9.17) is 4.74 Å². The fourth-order valence-corrected chi connectivity index (χ4v) is 4.10. The number of aliphatic hydroxyl groups excluding tert-OH is 1. The minimum atomic E-state index is -4.32. The number of piperazine rings is 1. The molecule has 0 aliphatic carbocycles. The van der Waals surface area contributed by atoms with E-state index in [0.717, 1.165) is 54.6 Å². The third-order valence-corrected chi connectivity index (χ3v) is 6.04. The van der Waals surface area contributed by atoms with Crippen LogP contribution < -0.4 is 9.64 Å². The number of methoxy groups -OCH3 is 1. The number of aliphatic hydroxyl groups is 1. The molecule has 0 bridgehead atoms. The molecule has 0 saturated carbocycles. The smallest absolute Gasteiger partial charge is 0.416 e. The zero-order valence-electron chi connectivity index (χ0n) is 16.2. The van der Waals surface area contributed by atoms with E-state index in [2.05, 4.69) is 15.9 Å². The molecule has 1 heterocycles. The molecule has 1 N–H and O–H groups in total. The highest BCUT2D eigenvalue weighted by Gasteiger charge is 2.30. The van der Waals surface area contributed by atoms with Gasteiger partial charge in [-0.15, -0.1) is 11.8 Å². The summed E-state index contributed by atoms with van der Waals surface area (Å²) in [6, 6.07) is 13.0. The highest BCUT2D eigenvalue weighted by atomic mass is 32.2. The molecule has 0 aromatic heterocycles. The van der Waals surface area contributed by atoms with Crippen molar-refractivity contribution in [3.05, 3.63) is 54.1 Å². The monoisotopic (exact) mass is 426 g/mol. The molecule has 29 heavy (non-hydrogen) atoms. The minimum Gasteiger partial charge on any atom is -0.497 e. The second-order valence-electron chi connectivity index (χ2n) is 6.98. The van der Waals surface area contributed by atoms with Crippen LogP contribution in [0.25, 0.3) is 0 Å². The van der Waals surface area contributed by atoms with Gasteiger partial charge in [-0.05, 0) is 36.4 Å². The van der Waals surface area contributed by atoms with Crippen molar-refractivity contribution in [2.45, 2.75) is 17.2 Å². The van der Waals surface area contributed by atoms with Crippen molar-refractivity contribution >= 4 is 17.4 Å². The molecule has 2 aromatic carbocycles. The molecule has 4 nitrogen and oxygen atoms in total. The number of nitrogens with zero attached hydrogens (tertiary/aromatic N) is 2. The Morgan fingerprint density at radius 2 is 1.76 bits per heavy atom. The Hall–Kier alpha value is -1.90. The number of rotatable bonds is 7. The molecule has 3 rings (SSSR count). The van der Waals surface area contributed by atoms with E-state index in [1.807, 2.05) is 18.2 Å². The van der Waals surface area contributed by atoms with Gasteiger partial charge in [-0.2, -0.15) is 13.2 Å². The van der Waals surface area contributed by atoms with Gasteiger partial charge in [0.1, 0.15) is 5.75 Å². The van der Waals surface area contributed by atoms with E-state index < -0.39 is 17.8 Å². The number of alkyl halides is 3. The lowest BCUT2D eigenvalue weighted by Crippen LogP contribution is -2.48. The molecule has 0 unspecified atom stereocenters. The zero-order chi connectivity index (χ0) is 20.9. The molecule has 0 radical (unpaired) electrons. The number of anilines is 1. The lowest BCUT2D eigenvalue weighted by atomic mass is 10.2. The maximum absolute atomic E-state index is 12.6. The quantitative estimate of drug-likeness (QED) is 0.678. The van der Waals surface area contributed by atoms with E-state index in [1.54, 1.807) is 7.11 Å². The van der Waals surface area contributed by atoms with Crippen LogP contribution in [0.4, 0.5) is 18.9 Å². The number of thioether (sulfide) groups is 1. The number of ether oxygens (including phenoxy) is 1. The first-order chi connectivity index (χ1) is 13.8. The van der Waals surface area contributed by atoms with E-state index >= 15 is 0 Å². The topological polar surface area (TPSA) is 35.9 Å². The van der Waals surface area contributed by atoms with Crippen LogP contribution in [0, 0.1) is 0 Å². The van der Waals surface area contributed by atoms with Crippen LogP contribution in [0.5, 0.6) is 5.75 Å². The summed E-state index contributed by atoms with van der Waals surface area (Å²) >= 11 is 1.37. The van der Waals surface area contributed by atoms with Crippen LogP contribution in [-0.2, 0) is 6.18 Å². The molecule has 2 aromatic rings. The van der Waals surface area contributed by atoms with E-state index in [9.17, 15) is 18.3 Å². The molecular weight excluding hydrogens is 401 g/mol. The average Bonchev–Trinajstić information content (AvgIpc) is 2.72. The highest BCUT2D eigenvalue weighted by Crippen LogP contribution is 2.31. The fourth-order valence-electron chi connectivity index (χ4n) is 3.28. The Morgan fingerprint density at radius 3 is 2.38 bits per heavy atom. The molecule has 0 amide bonds. The molecular formula is C21H25F3N2O2S. The Labute approximate surface area is 173 Å². The molecule has 1 aliphatic rings. The second kappa shape index (κ2) is 9.73. The number of halogens is 3. The third kappa shape index (κ3) is 6.29. The summed E-state index contributed by atoms with van der Waals surface area (Å²) < 4.78 is 43.1. The van der Waals surface area contributed by atoms with Gasteiger partial charge in [-0.3, -0.25) is 4.90 Å². The van der Waals surface area contributed by atoms with Gasteiger partial charge in [0.05, 0.1) is 18.8 Å². The summed E-state index contributed by atoms with van der Waals surface area (Å²) in [6.45, 7) is 3.98. The van der Waals surface area contributed by atoms with Gasteiger partial charge in [-0.1, -0.05) is 6.07 Å². The summed E-state index contributed by atoms with van der Waals surface area (Å²) in [7, 11) is 1.65. The van der Waals surface area contributed by atoms with Crippen LogP contribution in [0.3, 0.4) is 0 Å². The largest absolute Gasteiger partial charge is 0.497 e. The second-order valence-corrected chi connectivity index (χ2v) is 8.07. The maximum Gasteiger partial charge on any atom is 0.416 e. The highest BCUT2D eigenvalue weighted by molar-refractivity contribution is 7.99. The van der Waals surface area contributed by atoms with Crippen LogP contribution in [-0.4, -0.2) is 61.7 Å². The fraction of sp³-hybridized carbons (Fsp3) is 0.429. The Balaban J connectivity index is 1.42. The number of hydrogen-bond acceptors (Lipinski definition) is 5. The van der Waals surface area contributed by atoms with Crippen molar-refractivity contribution in [2.75, 3.05) is 50.5 Å². The summed E-state index contributed by atoms with van der Waals surface area (Å²) in [6.07, 6.45) is -4.86. The SMILES string of the molecule is COc1cccc(N2CCN(C[C@@H](O)CSc3ccc(C(F)(F)F)cc3)CC2)c1. The van der Waals surface area contributed by atoms with Crippen LogP contribution >= 0.6 is 11.8 Å². The predicted molar refractivity (Wildman–Crippen MR) is 110 cm³/mol. The van der Waals surface area contributed by atoms with Gasteiger partial charge < -0.3 is 14.7 Å². The first kappa shape index (κ1) is 21.8. The summed E-state index contributed by atoms with van der Waals surface area (Å²) in [5.41, 5.74) is 0.471. The Bertz CT molecular complexity index is 778. The van der Waals surface area contributed by atoms with E-state index in [1.165, 1.54) is 23.9 Å². The zero-order valence-corrected chi connectivity index (χ0v) is 17.0.